The fraction of sp³-hybridized carbons (Fsp3) is 0.700. The highest BCUT2D eigenvalue weighted by Gasteiger charge is 2.63. The maximum atomic E-state index is 12.2. The molecule has 2 bridgehead atoms. The summed E-state index contributed by atoms with van der Waals surface area (Å²) in [7, 11) is 0. The number of hydrogen-bond acceptors (Lipinski definition) is 4. The molecule has 0 radical (unpaired) electrons. The predicted octanol–water partition coefficient (Wildman–Crippen LogP) is 2.29. The van der Waals surface area contributed by atoms with Crippen molar-refractivity contribution in [3.8, 4) is 0 Å². The number of rotatable bonds is 4. The molecule has 4 heterocycles. The lowest BCUT2D eigenvalue weighted by Crippen LogP contribution is -2.44. The van der Waals surface area contributed by atoms with Crippen molar-refractivity contribution in [1.29, 1.82) is 0 Å². The SMILES string of the molecule is Cc1cccnc1N1C[C@@H]2[C@H](CNC(=O)C3CCC3)[C@H]3CC[C@]2(C1)O3. The van der Waals surface area contributed by atoms with E-state index in [1.807, 2.05) is 12.3 Å². The summed E-state index contributed by atoms with van der Waals surface area (Å²) in [6, 6.07) is 4.12. The Kier molecular flexibility index (Phi) is 3.56. The Labute approximate surface area is 149 Å². The van der Waals surface area contributed by atoms with Crippen molar-refractivity contribution in [2.24, 2.45) is 17.8 Å². The van der Waals surface area contributed by atoms with Crippen LogP contribution in [-0.4, -0.2) is 42.2 Å². The van der Waals surface area contributed by atoms with Crippen LogP contribution in [0.4, 0.5) is 5.82 Å². The summed E-state index contributed by atoms with van der Waals surface area (Å²) >= 11 is 0. The van der Waals surface area contributed by atoms with Crippen molar-refractivity contribution in [1.82, 2.24) is 10.3 Å². The highest BCUT2D eigenvalue weighted by Crippen LogP contribution is 2.55. The molecule has 5 rings (SSSR count). The van der Waals surface area contributed by atoms with E-state index in [0.717, 1.165) is 51.1 Å². The summed E-state index contributed by atoms with van der Waals surface area (Å²) in [6.45, 7) is 4.85. The third-order valence-electron chi connectivity index (χ3n) is 7.05. The van der Waals surface area contributed by atoms with Crippen LogP contribution >= 0.6 is 0 Å². The van der Waals surface area contributed by atoms with Gasteiger partial charge in [0.2, 0.25) is 5.91 Å². The Morgan fingerprint density at radius 3 is 3.08 bits per heavy atom. The van der Waals surface area contributed by atoms with Gasteiger partial charge in [-0.15, -0.1) is 0 Å². The summed E-state index contributed by atoms with van der Waals surface area (Å²) in [4.78, 5) is 19.3. The molecule has 1 aliphatic carbocycles. The van der Waals surface area contributed by atoms with Crippen LogP contribution in [-0.2, 0) is 9.53 Å². The second-order valence-electron chi connectivity index (χ2n) is 8.43. The van der Waals surface area contributed by atoms with Gasteiger partial charge in [-0.25, -0.2) is 4.98 Å². The smallest absolute Gasteiger partial charge is 0.223 e. The maximum Gasteiger partial charge on any atom is 0.223 e. The van der Waals surface area contributed by atoms with Gasteiger partial charge in [-0.2, -0.15) is 0 Å². The lowest BCUT2D eigenvalue weighted by Gasteiger charge is -2.30. The summed E-state index contributed by atoms with van der Waals surface area (Å²) in [6.07, 6.45) is 7.83. The molecule has 4 aliphatic rings. The van der Waals surface area contributed by atoms with Gasteiger partial charge in [0.1, 0.15) is 5.82 Å². The number of anilines is 1. The standard InChI is InChI=1S/C20H27N3O2/c1-13-4-3-9-21-18(13)23-11-16-15(10-22-19(24)14-5-2-6-14)17-7-8-20(16,12-23)25-17/h3-4,9,14-17H,2,5-8,10-12H2,1H3,(H,22,24)/t15-,16+,17+,20+/m0/s1. The van der Waals surface area contributed by atoms with Crippen LogP contribution in [0.5, 0.6) is 0 Å². The van der Waals surface area contributed by atoms with Crippen LogP contribution in [0, 0.1) is 24.7 Å². The second-order valence-corrected chi connectivity index (χ2v) is 8.43. The molecular formula is C20H27N3O2. The van der Waals surface area contributed by atoms with Crippen molar-refractivity contribution >= 4 is 11.7 Å². The molecule has 1 saturated carbocycles. The van der Waals surface area contributed by atoms with Crippen molar-refractivity contribution in [3.63, 3.8) is 0 Å². The molecule has 5 nitrogen and oxygen atoms in total. The van der Waals surface area contributed by atoms with E-state index in [4.69, 9.17) is 4.74 Å². The Hall–Kier alpha value is -1.62. The Bertz CT molecular complexity index is 689. The van der Waals surface area contributed by atoms with Gasteiger partial charge in [-0.3, -0.25) is 4.79 Å². The molecular weight excluding hydrogens is 314 g/mol. The lowest BCUT2D eigenvalue weighted by molar-refractivity contribution is -0.127. The topological polar surface area (TPSA) is 54.5 Å². The lowest BCUT2D eigenvalue weighted by atomic mass is 9.73. The highest BCUT2D eigenvalue weighted by molar-refractivity contribution is 5.79. The molecule has 25 heavy (non-hydrogen) atoms. The van der Waals surface area contributed by atoms with Crippen LogP contribution in [0.3, 0.4) is 0 Å². The monoisotopic (exact) mass is 341 g/mol. The Morgan fingerprint density at radius 1 is 1.44 bits per heavy atom. The second kappa shape index (κ2) is 5.70. The molecule has 1 aromatic rings. The van der Waals surface area contributed by atoms with Crippen molar-refractivity contribution in [3.05, 3.63) is 23.9 Å². The summed E-state index contributed by atoms with van der Waals surface area (Å²) in [5, 5.41) is 3.23. The largest absolute Gasteiger partial charge is 0.369 e. The summed E-state index contributed by atoms with van der Waals surface area (Å²) in [5.41, 5.74) is 1.21. The van der Waals surface area contributed by atoms with Crippen molar-refractivity contribution in [2.45, 2.75) is 50.7 Å². The van der Waals surface area contributed by atoms with Gasteiger partial charge in [0.25, 0.3) is 0 Å². The van der Waals surface area contributed by atoms with Gasteiger partial charge < -0.3 is 15.0 Å². The van der Waals surface area contributed by atoms with Crippen LogP contribution in [0.2, 0.25) is 0 Å². The number of ether oxygens (including phenoxy) is 1. The zero-order chi connectivity index (χ0) is 17.0. The van der Waals surface area contributed by atoms with E-state index in [0.29, 0.717) is 17.9 Å². The highest BCUT2D eigenvalue weighted by atomic mass is 16.5. The molecule has 3 saturated heterocycles. The van der Waals surface area contributed by atoms with E-state index in [9.17, 15) is 4.79 Å². The van der Waals surface area contributed by atoms with Gasteiger partial charge in [0.05, 0.1) is 11.7 Å². The van der Waals surface area contributed by atoms with Crippen LogP contribution in [0.15, 0.2) is 18.3 Å². The number of pyridine rings is 1. The first-order chi connectivity index (χ1) is 12.2. The number of aromatic nitrogens is 1. The van der Waals surface area contributed by atoms with Crippen molar-refractivity contribution in [2.75, 3.05) is 24.5 Å². The molecule has 134 valence electrons. The molecule has 1 spiro atoms. The van der Waals surface area contributed by atoms with Crippen molar-refractivity contribution < 1.29 is 9.53 Å². The third kappa shape index (κ3) is 2.39. The van der Waals surface area contributed by atoms with Gasteiger partial charge in [0, 0.05) is 43.6 Å². The number of carbonyl (C=O) groups excluding carboxylic acids is 1. The number of hydrogen-bond donors (Lipinski definition) is 1. The molecule has 0 aromatic carbocycles. The minimum Gasteiger partial charge on any atom is -0.369 e. The number of nitrogens with zero attached hydrogens (tertiary/aromatic N) is 2. The minimum absolute atomic E-state index is 0.0134. The fourth-order valence-corrected chi connectivity index (χ4v) is 5.47. The first-order valence-electron chi connectivity index (χ1n) is 9.78. The number of nitrogens with one attached hydrogen (secondary N) is 1. The molecule has 5 heteroatoms. The predicted molar refractivity (Wildman–Crippen MR) is 95.4 cm³/mol. The summed E-state index contributed by atoms with van der Waals surface area (Å²) in [5.74, 6) is 2.58. The molecule has 4 atom stereocenters. The number of aryl methyl sites for hydroxylation is 1. The van der Waals surface area contributed by atoms with E-state index in [-0.39, 0.29) is 17.4 Å². The quantitative estimate of drug-likeness (QED) is 0.913. The average Bonchev–Trinajstić information content (AvgIpc) is 3.19. The third-order valence-corrected chi connectivity index (χ3v) is 7.05. The van der Waals surface area contributed by atoms with Crippen LogP contribution in [0.25, 0.3) is 0 Å². The van der Waals surface area contributed by atoms with E-state index in [1.165, 1.54) is 12.0 Å². The van der Waals surface area contributed by atoms with Crippen LogP contribution < -0.4 is 10.2 Å². The van der Waals surface area contributed by atoms with Gasteiger partial charge in [-0.05, 0) is 44.2 Å². The Morgan fingerprint density at radius 2 is 2.32 bits per heavy atom. The number of fused-ring (bicyclic) bond motifs is 1. The molecule has 0 unspecified atom stereocenters. The molecule has 1 aromatic heterocycles. The first-order valence-corrected chi connectivity index (χ1v) is 9.78. The molecule has 1 N–H and O–H groups in total. The average molecular weight is 341 g/mol. The number of amides is 1. The van der Waals surface area contributed by atoms with E-state index in [1.54, 1.807) is 0 Å². The molecule has 1 amide bonds. The molecule has 3 aliphatic heterocycles. The fourth-order valence-electron chi connectivity index (χ4n) is 5.47. The van der Waals surface area contributed by atoms with E-state index >= 15 is 0 Å². The van der Waals surface area contributed by atoms with Gasteiger partial charge in [-0.1, -0.05) is 12.5 Å². The van der Waals surface area contributed by atoms with E-state index in [2.05, 4.69) is 28.2 Å². The number of carbonyl (C=O) groups is 1. The normalized spacial score (nSPS) is 36.4. The maximum absolute atomic E-state index is 12.2. The minimum atomic E-state index is -0.0134. The van der Waals surface area contributed by atoms with E-state index < -0.39 is 0 Å². The van der Waals surface area contributed by atoms with Gasteiger partial charge >= 0.3 is 0 Å². The zero-order valence-electron chi connectivity index (χ0n) is 14.9. The first kappa shape index (κ1) is 15.6. The van der Waals surface area contributed by atoms with Gasteiger partial charge in [0.15, 0.2) is 0 Å². The Balaban J connectivity index is 1.31. The zero-order valence-corrected chi connectivity index (χ0v) is 14.9. The molecule has 4 fully saturated rings. The summed E-state index contributed by atoms with van der Waals surface area (Å²) < 4.78 is 6.50. The van der Waals surface area contributed by atoms with Crippen LogP contribution in [0.1, 0.15) is 37.7 Å².